The summed E-state index contributed by atoms with van der Waals surface area (Å²) in [6, 6.07) is 9.51. The van der Waals surface area contributed by atoms with Crippen molar-refractivity contribution in [3.05, 3.63) is 41.7 Å². The summed E-state index contributed by atoms with van der Waals surface area (Å²) in [5, 5.41) is 12.2. The molecule has 5 N–H and O–H groups in total. The molecule has 0 saturated carbocycles. The number of nitrogen functional groups attached to an aromatic ring is 1. The van der Waals surface area contributed by atoms with Gasteiger partial charge in [0.25, 0.3) is 0 Å². The minimum atomic E-state index is 0.336. The van der Waals surface area contributed by atoms with Crippen LogP contribution in [-0.2, 0) is 6.42 Å². The van der Waals surface area contributed by atoms with Crippen LogP contribution >= 0.6 is 0 Å². The van der Waals surface area contributed by atoms with Crippen molar-refractivity contribution >= 4 is 17.3 Å². The quantitative estimate of drug-likeness (QED) is 0.509. The van der Waals surface area contributed by atoms with E-state index >= 15 is 0 Å². The summed E-state index contributed by atoms with van der Waals surface area (Å²) in [5.41, 5.74) is 14.6. The monoisotopic (exact) mass is 365 g/mol. The van der Waals surface area contributed by atoms with Crippen LogP contribution in [0.2, 0.25) is 0 Å². The molecular weight excluding hydrogens is 338 g/mol. The van der Waals surface area contributed by atoms with E-state index in [0.717, 1.165) is 44.5 Å². The fourth-order valence-electron chi connectivity index (χ4n) is 3.45. The van der Waals surface area contributed by atoms with Gasteiger partial charge >= 0.3 is 0 Å². The highest BCUT2D eigenvalue weighted by molar-refractivity contribution is 5.63. The van der Waals surface area contributed by atoms with Crippen LogP contribution in [0.25, 0.3) is 0 Å². The van der Waals surface area contributed by atoms with Gasteiger partial charge < -0.3 is 21.7 Å². The summed E-state index contributed by atoms with van der Waals surface area (Å²) in [5.74, 6) is 0.518. The molecule has 7 heteroatoms. The first-order valence-corrected chi connectivity index (χ1v) is 9.50. The van der Waals surface area contributed by atoms with Crippen LogP contribution in [0.3, 0.4) is 0 Å². The zero-order chi connectivity index (χ0) is 19.1. The van der Waals surface area contributed by atoms with E-state index in [1.54, 1.807) is 24.4 Å². The average Bonchev–Trinajstić information content (AvgIpc) is 2.65. The van der Waals surface area contributed by atoms with E-state index in [-0.39, 0.29) is 0 Å². The molecule has 1 saturated heterocycles. The number of hydrogen-bond donors (Lipinski definition) is 3. The number of nitrogens with zero attached hydrogens (tertiary/aromatic N) is 4. The Hall–Kier alpha value is -2.69. The van der Waals surface area contributed by atoms with Gasteiger partial charge in [-0.1, -0.05) is 0 Å². The molecule has 0 bridgehead atoms. The summed E-state index contributed by atoms with van der Waals surface area (Å²) in [7, 11) is 0. The fourth-order valence-corrected chi connectivity index (χ4v) is 3.45. The molecule has 3 rings (SSSR count). The number of aryl methyl sites for hydroxylation is 1. The van der Waals surface area contributed by atoms with Crippen molar-refractivity contribution in [2.75, 3.05) is 30.7 Å². The van der Waals surface area contributed by atoms with Crippen molar-refractivity contribution in [1.29, 1.82) is 5.26 Å². The molecule has 2 aromatic rings. The molecule has 1 fully saturated rings. The van der Waals surface area contributed by atoms with Crippen LogP contribution in [0.5, 0.6) is 0 Å². The smallest absolute Gasteiger partial charge is 0.227 e. The Balaban J connectivity index is 1.50. The lowest BCUT2D eigenvalue weighted by Crippen LogP contribution is -2.43. The number of hydrogen-bond acceptors (Lipinski definition) is 7. The minimum absolute atomic E-state index is 0.336. The van der Waals surface area contributed by atoms with E-state index < -0.39 is 0 Å². The molecule has 1 aromatic heterocycles. The van der Waals surface area contributed by atoms with Gasteiger partial charge in [-0.25, -0.2) is 9.97 Å². The minimum Gasteiger partial charge on any atom is -0.399 e. The number of rotatable bonds is 7. The van der Waals surface area contributed by atoms with E-state index in [1.807, 2.05) is 6.07 Å². The summed E-state index contributed by atoms with van der Waals surface area (Å²) in [6.45, 7) is 3.29. The van der Waals surface area contributed by atoms with E-state index in [4.69, 9.17) is 16.7 Å². The number of nitrogens with one attached hydrogen (secondary N) is 1. The van der Waals surface area contributed by atoms with Crippen molar-refractivity contribution in [2.45, 2.75) is 38.1 Å². The zero-order valence-electron chi connectivity index (χ0n) is 15.6. The Morgan fingerprint density at radius 3 is 3.00 bits per heavy atom. The molecule has 1 aromatic carbocycles. The Kier molecular flexibility index (Phi) is 6.58. The van der Waals surface area contributed by atoms with Crippen LogP contribution in [0.15, 0.2) is 30.5 Å². The molecule has 1 unspecified atom stereocenters. The maximum Gasteiger partial charge on any atom is 0.227 e. The molecular formula is C20H27N7. The maximum absolute atomic E-state index is 9.05. The Labute approximate surface area is 160 Å². The van der Waals surface area contributed by atoms with Gasteiger partial charge in [-0.3, -0.25) is 0 Å². The molecule has 0 radical (unpaired) electrons. The number of likely N-dealkylation sites (tertiary alicyclic amines) is 1. The lowest BCUT2D eigenvalue weighted by molar-refractivity contribution is 0.206. The van der Waals surface area contributed by atoms with E-state index in [2.05, 4.69) is 26.3 Å². The summed E-state index contributed by atoms with van der Waals surface area (Å²) >= 11 is 0. The maximum atomic E-state index is 9.05. The number of aromatic nitrogens is 2. The summed E-state index contributed by atoms with van der Waals surface area (Å²) in [4.78, 5) is 11.3. The van der Waals surface area contributed by atoms with E-state index in [9.17, 15) is 0 Å². The van der Waals surface area contributed by atoms with Gasteiger partial charge in [0, 0.05) is 35.9 Å². The largest absolute Gasteiger partial charge is 0.399 e. The molecule has 7 nitrogen and oxygen atoms in total. The molecule has 2 heterocycles. The van der Waals surface area contributed by atoms with Crippen LogP contribution in [0.4, 0.5) is 17.3 Å². The highest BCUT2D eigenvalue weighted by Gasteiger charge is 2.15. The first kappa shape index (κ1) is 19.1. The van der Waals surface area contributed by atoms with Crippen LogP contribution < -0.4 is 16.8 Å². The number of unbranched alkanes of at least 4 members (excludes halogenated alkanes) is 1. The molecule has 0 amide bonds. The molecule has 1 atom stereocenters. The topological polar surface area (TPSA) is 117 Å². The lowest BCUT2D eigenvalue weighted by atomic mass is 10.1. The molecule has 142 valence electrons. The Morgan fingerprint density at radius 2 is 2.19 bits per heavy atom. The van der Waals surface area contributed by atoms with Crippen molar-refractivity contribution in [2.24, 2.45) is 5.73 Å². The molecule has 1 aliphatic rings. The number of piperidine rings is 1. The normalized spacial score (nSPS) is 17.4. The van der Waals surface area contributed by atoms with Crippen LogP contribution in [0, 0.1) is 11.3 Å². The number of nitrogens with two attached hydrogens (primary N) is 2. The first-order valence-electron chi connectivity index (χ1n) is 9.50. The third-order valence-electron chi connectivity index (χ3n) is 4.75. The standard InChI is InChI=1S/C20H27N7/c21-13-15-10-17(23)12-19(11-15)26-20-24-7-6-18(25-20)5-1-2-8-27-9-3-4-16(22)14-27/h6-7,10-12,16H,1-5,8-9,14,22-23H2,(H,24,25,26). The second-order valence-corrected chi connectivity index (χ2v) is 7.11. The predicted molar refractivity (Wildman–Crippen MR) is 107 cm³/mol. The first-order chi connectivity index (χ1) is 13.1. The summed E-state index contributed by atoms with van der Waals surface area (Å²) in [6.07, 6.45) is 7.25. The fraction of sp³-hybridized carbons (Fsp3) is 0.450. The molecule has 0 aliphatic carbocycles. The third kappa shape index (κ3) is 5.91. The summed E-state index contributed by atoms with van der Waals surface area (Å²) < 4.78 is 0. The van der Waals surface area contributed by atoms with Crippen molar-refractivity contribution in [3.63, 3.8) is 0 Å². The van der Waals surface area contributed by atoms with Crippen molar-refractivity contribution < 1.29 is 0 Å². The van der Waals surface area contributed by atoms with Gasteiger partial charge in [-0.05, 0) is 69.5 Å². The Bertz CT molecular complexity index is 799. The number of anilines is 3. The average molecular weight is 365 g/mol. The molecule has 1 aliphatic heterocycles. The van der Waals surface area contributed by atoms with E-state index in [0.29, 0.717) is 28.9 Å². The van der Waals surface area contributed by atoms with Gasteiger partial charge in [-0.15, -0.1) is 0 Å². The van der Waals surface area contributed by atoms with Gasteiger partial charge in [0.1, 0.15) is 0 Å². The van der Waals surface area contributed by atoms with Gasteiger partial charge in [0.2, 0.25) is 5.95 Å². The Morgan fingerprint density at radius 1 is 1.30 bits per heavy atom. The highest BCUT2D eigenvalue weighted by Crippen LogP contribution is 2.19. The van der Waals surface area contributed by atoms with Crippen LogP contribution in [-0.4, -0.2) is 40.5 Å². The SMILES string of the molecule is N#Cc1cc(N)cc(Nc2nccc(CCCCN3CCCC(N)C3)n2)c1. The zero-order valence-corrected chi connectivity index (χ0v) is 15.6. The number of benzene rings is 1. The van der Waals surface area contributed by atoms with Gasteiger partial charge in [0.15, 0.2) is 0 Å². The lowest BCUT2D eigenvalue weighted by Gasteiger charge is -2.30. The molecule has 0 spiro atoms. The second-order valence-electron chi connectivity index (χ2n) is 7.11. The van der Waals surface area contributed by atoms with Gasteiger partial charge in [-0.2, -0.15) is 5.26 Å². The molecule has 27 heavy (non-hydrogen) atoms. The highest BCUT2D eigenvalue weighted by atomic mass is 15.1. The van der Waals surface area contributed by atoms with Gasteiger partial charge in [0.05, 0.1) is 11.6 Å². The van der Waals surface area contributed by atoms with Crippen molar-refractivity contribution in [1.82, 2.24) is 14.9 Å². The second kappa shape index (κ2) is 9.31. The van der Waals surface area contributed by atoms with Crippen LogP contribution in [0.1, 0.15) is 36.9 Å². The van der Waals surface area contributed by atoms with E-state index in [1.165, 1.54) is 13.0 Å². The third-order valence-corrected chi connectivity index (χ3v) is 4.75. The van der Waals surface area contributed by atoms with Crippen molar-refractivity contribution in [3.8, 4) is 6.07 Å². The number of nitriles is 1. The predicted octanol–water partition coefficient (Wildman–Crippen LogP) is 2.42.